The van der Waals surface area contributed by atoms with E-state index in [9.17, 15) is 17.6 Å². The Morgan fingerprint density at radius 1 is 1.11 bits per heavy atom. The number of aromatic amines is 1. The molecule has 1 atom stereocenters. The molecule has 3 aromatic rings. The number of nitrogens with two attached hydrogens (primary N) is 1. The average Bonchev–Trinajstić information content (AvgIpc) is 3.20. The van der Waals surface area contributed by atoms with Crippen LogP contribution in [0.2, 0.25) is 0 Å². The highest BCUT2D eigenvalue weighted by Crippen LogP contribution is 2.47. The van der Waals surface area contributed by atoms with Gasteiger partial charge in [0.1, 0.15) is 5.82 Å². The van der Waals surface area contributed by atoms with Crippen molar-refractivity contribution in [2.24, 2.45) is 17.1 Å². The minimum Gasteiger partial charge on any atom is -0.369 e. The van der Waals surface area contributed by atoms with E-state index in [0.717, 1.165) is 28.6 Å². The first-order chi connectivity index (χ1) is 16.5. The quantitative estimate of drug-likeness (QED) is 0.406. The molecule has 1 aromatic heterocycles. The zero-order valence-electron chi connectivity index (χ0n) is 20.5. The highest BCUT2D eigenvalue weighted by atomic mass is 32.2. The Morgan fingerprint density at radius 3 is 2.37 bits per heavy atom. The lowest BCUT2D eigenvalue weighted by Crippen LogP contribution is -2.48. The summed E-state index contributed by atoms with van der Waals surface area (Å²) < 4.78 is 42.5. The predicted molar refractivity (Wildman–Crippen MR) is 136 cm³/mol. The average molecular weight is 500 g/mol. The molecule has 2 aromatic carbocycles. The van der Waals surface area contributed by atoms with E-state index in [1.54, 1.807) is 24.3 Å². The van der Waals surface area contributed by atoms with Gasteiger partial charge in [-0.3, -0.25) is 4.79 Å². The molecule has 0 saturated heterocycles. The second-order valence-electron chi connectivity index (χ2n) is 10.3. The van der Waals surface area contributed by atoms with E-state index < -0.39 is 21.3 Å². The Hall–Kier alpha value is -2.71. The number of benzene rings is 2. The van der Waals surface area contributed by atoms with Crippen molar-refractivity contribution in [2.45, 2.75) is 69.7 Å². The van der Waals surface area contributed by atoms with Gasteiger partial charge in [-0.1, -0.05) is 39.0 Å². The molecule has 0 radical (unpaired) electrons. The normalized spacial score (nSPS) is 21.9. The van der Waals surface area contributed by atoms with Crippen molar-refractivity contribution in [3.8, 4) is 0 Å². The van der Waals surface area contributed by atoms with E-state index in [1.807, 2.05) is 13.0 Å². The number of hydrogen-bond acceptors (Lipinski definition) is 3. The van der Waals surface area contributed by atoms with Crippen molar-refractivity contribution in [1.82, 2.24) is 9.71 Å². The second-order valence-corrected chi connectivity index (χ2v) is 12.0. The first kappa shape index (κ1) is 25.4. The maximum Gasteiger partial charge on any atom is 0.240 e. The fraction of sp³-hybridized carbons (Fsp3) is 0.444. The number of hydrogen-bond donors (Lipinski definition) is 3. The van der Waals surface area contributed by atoms with Gasteiger partial charge in [0.2, 0.25) is 15.9 Å². The molecule has 188 valence electrons. The van der Waals surface area contributed by atoms with Crippen LogP contribution in [0.5, 0.6) is 0 Å². The van der Waals surface area contributed by atoms with Crippen LogP contribution in [0.15, 0.2) is 53.4 Å². The van der Waals surface area contributed by atoms with Gasteiger partial charge in [-0.05, 0) is 85.2 Å². The minimum absolute atomic E-state index is 0.200. The van der Waals surface area contributed by atoms with E-state index in [4.69, 9.17) is 5.73 Å². The van der Waals surface area contributed by atoms with Crippen molar-refractivity contribution in [2.75, 3.05) is 0 Å². The summed E-state index contributed by atoms with van der Waals surface area (Å²) in [5, 5.41) is 0.985. The van der Waals surface area contributed by atoms with Gasteiger partial charge in [0.15, 0.2) is 0 Å². The predicted octanol–water partition coefficient (Wildman–Crippen LogP) is 5.00. The lowest BCUT2D eigenvalue weighted by molar-refractivity contribution is -0.131. The molecule has 1 fully saturated rings. The summed E-state index contributed by atoms with van der Waals surface area (Å²) in [6, 6.07) is 13.0. The van der Waals surface area contributed by atoms with Gasteiger partial charge in [-0.15, -0.1) is 0 Å². The fourth-order valence-corrected chi connectivity index (χ4v) is 6.72. The summed E-state index contributed by atoms with van der Waals surface area (Å²) in [5.41, 5.74) is 7.80. The zero-order valence-corrected chi connectivity index (χ0v) is 21.3. The maximum atomic E-state index is 13.4. The first-order valence-electron chi connectivity index (χ1n) is 12.2. The molecule has 1 amide bonds. The Labute approximate surface area is 206 Å². The lowest BCUT2D eigenvalue weighted by Gasteiger charge is -2.42. The number of carbonyl (C=O) groups excluding carboxylic acids is 1. The maximum absolute atomic E-state index is 13.4. The number of primary amides is 1. The number of nitrogens with one attached hydrogen (secondary N) is 2. The molecule has 4 N–H and O–H groups in total. The zero-order chi connectivity index (χ0) is 25.4. The Bertz CT molecular complexity index is 1310. The number of H-pyrrole nitrogens is 1. The van der Waals surface area contributed by atoms with Crippen LogP contribution in [-0.2, 0) is 21.2 Å². The second kappa shape index (κ2) is 9.74. The molecule has 8 heteroatoms. The monoisotopic (exact) mass is 499 g/mol. The molecule has 6 nitrogen and oxygen atoms in total. The molecule has 35 heavy (non-hydrogen) atoms. The molecule has 4 rings (SSSR count). The molecule has 1 heterocycles. The Kier molecular flexibility index (Phi) is 7.06. The molecule has 0 bridgehead atoms. The Balaban J connectivity index is 1.47. The number of rotatable bonds is 8. The molecule has 1 aliphatic rings. The van der Waals surface area contributed by atoms with E-state index in [0.29, 0.717) is 31.6 Å². The standard InChI is InChI=1S/C27H34FN3O3S/c1-17(2)14-23-15-20-6-9-24(16-25(20)30-23)35(33,34)31-22-10-12-27(13-11-22,26(29)32)18(3)19-4-7-21(28)8-5-19/h4-9,15-18,22,30-31H,10-14H2,1-3H3,(H2,29,32)/t18-,22?,27?/m1/s1. The van der Waals surface area contributed by atoms with Crippen LogP contribution in [0, 0.1) is 17.2 Å². The minimum atomic E-state index is -3.73. The summed E-state index contributed by atoms with van der Waals surface area (Å²) in [6.45, 7) is 6.22. The number of carbonyl (C=O) groups is 1. The van der Waals surface area contributed by atoms with E-state index in [-0.39, 0.29) is 22.7 Å². The SMILES string of the molecule is CC(C)Cc1cc2ccc(S(=O)(=O)NC3CCC(C(N)=O)([C@H](C)c4ccc(F)cc4)CC3)cc2[nH]1. The number of fused-ring (bicyclic) bond motifs is 1. The van der Waals surface area contributed by atoms with Crippen LogP contribution in [0.1, 0.15) is 63.6 Å². The smallest absolute Gasteiger partial charge is 0.240 e. The number of amides is 1. The number of sulfonamides is 1. The molecule has 0 unspecified atom stereocenters. The molecular weight excluding hydrogens is 465 g/mol. The first-order valence-corrected chi connectivity index (χ1v) is 13.7. The van der Waals surface area contributed by atoms with Gasteiger partial charge < -0.3 is 10.7 Å². The largest absolute Gasteiger partial charge is 0.369 e. The van der Waals surface area contributed by atoms with Gasteiger partial charge in [0.25, 0.3) is 0 Å². The third-order valence-corrected chi connectivity index (χ3v) is 9.00. The summed E-state index contributed by atoms with van der Waals surface area (Å²) in [7, 11) is -3.73. The van der Waals surface area contributed by atoms with Crippen molar-refractivity contribution in [3.63, 3.8) is 0 Å². The molecule has 1 saturated carbocycles. The van der Waals surface area contributed by atoms with Crippen LogP contribution >= 0.6 is 0 Å². The summed E-state index contributed by atoms with van der Waals surface area (Å²) in [5.74, 6) is -0.433. The molecule has 0 aliphatic heterocycles. The van der Waals surface area contributed by atoms with Gasteiger partial charge in [-0.25, -0.2) is 17.5 Å². The highest BCUT2D eigenvalue weighted by Gasteiger charge is 2.45. The topological polar surface area (TPSA) is 105 Å². The van der Waals surface area contributed by atoms with Gasteiger partial charge in [0.05, 0.1) is 10.3 Å². The van der Waals surface area contributed by atoms with Crippen molar-refractivity contribution in [1.29, 1.82) is 0 Å². The van der Waals surface area contributed by atoms with Gasteiger partial charge in [-0.2, -0.15) is 0 Å². The molecule has 1 aliphatic carbocycles. The summed E-state index contributed by atoms with van der Waals surface area (Å²) in [4.78, 5) is 16.1. The van der Waals surface area contributed by atoms with Crippen molar-refractivity contribution < 1.29 is 17.6 Å². The van der Waals surface area contributed by atoms with Crippen LogP contribution < -0.4 is 10.5 Å². The van der Waals surface area contributed by atoms with E-state index in [2.05, 4.69) is 29.6 Å². The van der Waals surface area contributed by atoms with Gasteiger partial charge >= 0.3 is 0 Å². The third kappa shape index (κ3) is 5.28. The fourth-order valence-electron chi connectivity index (χ4n) is 5.38. The van der Waals surface area contributed by atoms with E-state index in [1.165, 1.54) is 12.1 Å². The number of aromatic nitrogens is 1. The molecular formula is C27H34FN3O3S. The van der Waals surface area contributed by atoms with Crippen LogP contribution in [0.4, 0.5) is 4.39 Å². The van der Waals surface area contributed by atoms with Crippen LogP contribution in [0.3, 0.4) is 0 Å². The lowest BCUT2D eigenvalue weighted by atomic mass is 9.63. The van der Waals surface area contributed by atoms with Crippen LogP contribution in [0.25, 0.3) is 10.9 Å². The van der Waals surface area contributed by atoms with Crippen molar-refractivity contribution >= 4 is 26.8 Å². The van der Waals surface area contributed by atoms with Gasteiger partial charge in [0, 0.05) is 17.3 Å². The summed E-state index contributed by atoms with van der Waals surface area (Å²) >= 11 is 0. The highest BCUT2D eigenvalue weighted by molar-refractivity contribution is 7.89. The Morgan fingerprint density at radius 2 is 1.77 bits per heavy atom. The van der Waals surface area contributed by atoms with Crippen LogP contribution in [-0.4, -0.2) is 25.4 Å². The summed E-state index contributed by atoms with van der Waals surface area (Å²) in [6.07, 6.45) is 2.81. The number of halogens is 1. The van der Waals surface area contributed by atoms with E-state index >= 15 is 0 Å². The molecule has 0 spiro atoms. The van der Waals surface area contributed by atoms with Crippen molar-refractivity contribution in [3.05, 3.63) is 65.6 Å². The third-order valence-electron chi connectivity index (χ3n) is 7.48.